The predicted molar refractivity (Wildman–Crippen MR) is 110 cm³/mol. The second-order valence-electron chi connectivity index (χ2n) is 8.20. The third kappa shape index (κ3) is 4.27. The lowest BCUT2D eigenvalue weighted by atomic mass is 9.72. The van der Waals surface area contributed by atoms with Gasteiger partial charge in [0.2, 0.25) is 0 Å². The van der Waals surface area contributed by atoms with E-state index in [1.165, 1.54) is 29.5 Å². The Labute approximate surface area is 169 Å². The summed E-state index contributed by atoms with van der Waals surface area (Å²) in [6, 6.07) is 5.51. The molecule has 0 saturated heterocycles. The number of fused-ring (bicyclic) bond motifs is 1. The number of hydrogen-bond donors (Lipinski definition) is 1. The van der Waals surface area contributed by atoms with E-state index in [0.29, 0.717) is 16.5 Å². The molecule has 0 radical (unpaired) electrons. The van der Waals surface area contributed by atoms with Gasteiger partial charge in [-0.25, -0.2) is 9.18 Å². The lowest BCUT2D eigenvalue weighted by Gasteiger charge is -2.33. The highest BCUT2D eigenvalue weighted by molar-refractivity contribution is 7.17. The summed E-state index contributed by atoms with van der Waals surface area (Å²) in [5, 5.41) is 3.31. The second kappa shape index (κ2) is 8.03. The van der Waals surface area contributed by atoms with E-state index in [-0.39, 0.29) is 17.6 Å². The molecule has 4 nitrogen and oxygen atoms in total. The Kier molecular flexibility index (Phi) is 5.89. The van der Waals surface area contributed by atoms with E-state index in [1.807, 2.05) is 0 Å². The molecule has 0 bridgehead atoms. The molecule has 0 fully saturated rings. The van der Waals surface area contributed by atoms with Crippen molar-refractivity contribution in [1.29, 1.82) is 0 Å². The van der Waals surface area contributed by atoms with Crippen LogP contribution in [0.25, 0.3) is 0 Å². The van der Waals surface area contributed by atoms with Gasteiger partial charge in [-0.3, -0.25) is 4.79 Å². The Morgan fingerprint density at radius 1 is 1.32 bits per heavy atom. The molecule has 1 heterocycles. The van der Waals surface area contributed by atoms with E-state index in [0.717, 1.165) is 29.7 Å². The number of ether oxygens (including phenoxy) is 1. The third-order valence-corrected chi connectivity index (χ3v) is 6.45. The molecule has 0 spiro atoms. The summed E-state index contributed by atoms with van der Waals surface area (Å²) in [6.07, 6.45) is 2.67. The summed E-state index contributed by atoms with van der Waals surface area (Å²) in [6.45, 7) is 8.72. The molecule has 1 aliphatic rings. The summed E-state index contributed by atoms with van der Waals surface area (Å²) in [5.74, 6) is -0.808. The third-order valence-electron chi connectivity index (χ3n) is 5.28. The average molecular weight is 404 g/mol. The number of halogens is 1. The van der Waals surface area contributed by atoms with E-state index >= 15 is 0 Å². The van der Waals surface area contributed by atoms with Crippen LogP contribution in [0.3, 0.4) is 0 Å². The van der Waals surface area contributed by atoms with Crippen LogP contribution in [0, 0.1) is 17.2 Å². The summed E-state index contributed by atoms with van der Waals surface area (Å²) in [7, 11) is 0. The van der Waals surface area contributed by atoms with E-state index in [9.17, 15) is 14.0 Å². The van der Waals surface area contributed by atoms with Crippen molar-refractivity contribution in [2.45, 2.75) is 47.0 Å². The Morgan fingerprint density at radius 2 is 2.07 bits per heavy atom. The molecule has 1 atom stereocenters. The molecule has 6 heteroatoms. The zero-order valence-electron chi connectivity index (χ0n) is 16.7. The Morgan fingerprint density at radius 3 is 2.71 bits per heavy atom. The fraction of sp³-hybridized carbons (Fsp3) is 0.455. The monoisotopic (exact) mass is 403 g/mol. The molecule has 1 N–H and O–H groups in total. The summed E-state index contributed by atoms with van der Waals surface area (Å²) < 4.78 is 18.7. The van der Waals surface area contributed by atoms with Crippen LogP contribution < -0.4 is 5.32 Å². The topological polar surface area (TPSA) is 55.4 Å². The van der Waals surface area contributed by atoms with E-state index in [2.05, 4.69) is 26.1 Å². The van der Waals surface area contributed by atoms with Crippen molar-refractivity contribution in [1.82, 2.24) is 0 Å². The van der Waals surface area contributed by atoms with Gasteiger partial charge >= 0.3 is 5.97 Å². The van der Waals surface area contributed by atoms with Crippen molar-refractivity contribution in [3.8, 4) is 0 Å². The molecule has 1 unspecified atom stereocenters. The van der Waals surface area contributed by atoms with E-state index < -0.39 is 17.7 Å². The average Bonchev–Trinajstić information content (AvgIpc) is 2.98. The van der Waals surface area contributed by atoms with Gasteiger partial charge in [-0.2, -0.15) is 0 Å². The largest absolute Gasteiger partial charge is 0.462 e. The Hall–Kier alpha value is -2.21. The molecule has 1 aromatic heterocycles. The molecular formula is C22H26FNO3S. The smallest absolute Gasteiger partial charge is 0.341 e. The minimum Gasteiger partial charge on any atom is -0.462 e. The number of esters is 1. The predicted octanol–water partition coefficient (Wildman–Crippen LogP) is 5.47. The number of thiophene rings is 1. The van der Waals surface area contributed by atoms with Crippen molar-refractivity contribution in [3.05, 3.63) is 51.7 Å². The van der Waals surface area contributed by atoms with Gasteiger partial charge in [-0.15, -0.1) is 11.3 Å². The van der Waals surface area contributed by atoms with Gasteiger partial charge in [0.15, 0.2) is 0 Å². The molecule has 0 aliphatic heterocycles. The van der Waals surface area contributed by atoms with E-state index in [4.69, 9.17) is 4.74 Å². The number of rotatable bonds is 4. The van der Waals surface area contributed by atoms with Gasteiger partial charge in [0, 0.05) is 10.4 Å². The molecule has 150 valence electrons. The molecule has 3 rings (SSSR count). The molecule has 28 heavy (non-hydrogen) atoms. The molecule has 1 aliphatic carbocycles. The van der Waals surface area contributed by atoms with Crippen LogP contribution in [0.4, 0.5) is 9.39 Å². The van der Waals surface area contributed by atoms with Crippen LogP contribution in [0.5, 0.6) is 0 Å². The van der Waals surface area contributed by atoms with Crippen LogP contribution in [-0.4, -0.2) is 18.5 Å². The maximum absolute atomic E-state index is 13.5. The highest BCUT2D eigenvalue weighted by Gasteiger charge is 2.34. The van der Waals surface area contributed by atoms with Gasteiger partial charge in [-0.05, 0) is 61.3 Å². The highest BCUT2D eigenvalue weighted by Crippen LogP contribution is 2.44. The molecule has 1 amide bonds. The maximum atomic E-state index is 13.5. The van der Waals surface area contributed by atoms with Crippen molar-refractivity contribution < 1.29 is 18.7 Å². The number of carbonyl (C=O) groups is 2. The highest BCUT2D eigenvalue weighted by atomic mass is 32.1. The van der Waals surface area contributed by atoms with Gasteiger partial charge in [0.1, 0.15) is 10.8 Å². The normalized spacial score (nSPS) is 16.4. The lowest BCUT2D eigenvalue weighted by Crippen LogP contribution is -2.26. The van der Waals surface area contributed by atoms with Gasteiger partial charge in [-0.1, -0.05) is 26.8 Å². The fourth-order valence-electron chi connectivity index (χ4n) is 3.64. The fourth-order valence-corrected chi connectivity index (χ4v) is 4.95. The summed E-state index contributed by atoms with van der Waals surface area (Å²) >= 11 is 1.44. The standard InChI is InChI=1S/C22H26FNO3S/c1-5-27-21(26)18-16-10-9-14(22(2,3)4)12-17(16)28-20(18)24-19(25)13-7-6-8-15(23)11-13/h6-8,11,14H,5,9-10,12H2,1-4H3,(H,24,25). The molecule has 1 aromatic carbocycles. The van der Waals surface area contributed by atoms with Crippen molar-refractivity contribution in [2.75, 3.05) is 11.9 Å². The number of carbonyl (C=O) groups excluding carboxylic acids is 2. The van der Waals surface area contributed by atoms with Crippen LogP contribution in [0.15, 0.2) is 24.3 Å². The number of hydrogen-bond acceptors (Lipinski definition) is 4. The first-order valence-electron chi connectivity index (χ1n) is 9.59. The minimum absolute atomic E-state index is 0.177. The van der Waals surface area contributed by atoms with Gasteiger partial charge < -0.3 is 10.1 Å². The van der Waals surface area contributed by atoms with Crippen LogP contribution in [0.2, 0.25) is 0 Å². The van der Waals surface area contributed by atoms with E-state index in [1.54, 1.807) is 13.0 Å². The first-order valence-corrected chi connectivity index (χ1v) is 10.4. The summed E-state index contributed by atoms with van der Waals surface area (Å²) in [5.41, 5.74) is 1.84. The second-order valence-corrected chi connectivity index (χ2v) is 9.30. The van der Waals surface area contributed by atoms with Crippen LogP contribution >= 0.6 is 11.3 Å². The molecular weight excluding hydrogens is 377 g/mol. The number of nitrogens with one attached hydrogen (secondary N) is 1. The SMILES string of the molecule is CCOC(=O)c1c(NC(=O)c2cccc(F)c2)sc2c1CCC(C(C)(C)C)C2. The van der Waals surface area contributed by atoms with Gasteiger partial charge in [0.25, 0.3) is 5.91 Å². The van der Waals surface area contributed by atoms with Crippen molar-refractivity contribution in [3.63, 3.8) is 0 Å². The van der Waals surface area contributed by atoms with Crippen LogP contribution in [0.1, 0.15) is 65.3 Å². The zero-order valence-corrected chi connectivity index (χ0v) is 17.5. The summed E-state index contributed by atoms with van der Waals surface area (Å²) in [4.78, 5) is 26.4. The number of amides is 1. The van der Waals surface area contributed by atoms with Gasteiger partial charge in [0.05, 0.1) is 12.2 Å². The van der Waals surface area contributed by atoms with Crippen molar-refractivity contribution >= 4 is 28.2 Å². The quantitative estimate of drug-likeness (QED) is 0.689. The maximum Gasteiger partial charge on any atom is 0.341 e. The lowest BCUT2D eigenvalue weighted by molar-refractivity contribution is 0.0526. The minimum atomic E-state index is -0.475. The Bertz CT molecular complexity index is 898. The molecule has 2 aromatic rings. The Balaban J connectivity index is 1.95. The number of anilines is 1. The first-order chi connectivity index (χ1) is 13.2. The number of benzene rings is 1. The zero-order chi connectivity index (χ0) is 20.5. The van der Waals surface area contributed by atoms with Crippen molar-refractivity contribution in [2.24, 2.45) is 11.3 Å². The van der Waals surface area contributed by atoms with Crippen LogP contribution in [-0.2, 0) is 17.6 Å². The molecule has 0 saturated carbocycles. The first kappa shape index (κ1) is 20.5.